The van der Waals surface area contributed by atoms with E-state index < -0.39 is 30.4 Å². The second kappa shape index (κ2) is 8.21. The number of hydrogen-bond donors (Lipinski definition) is 1. The highest BCUT2D eigenvalue weighted by Gasteiger charge is 2.31. The first kappa shape index (κ1) is 16.9. The Balaban J connectivity index is 2.46. The van der Waals surface area contributed by atoms with Crippen molar-refractivity contribution in [2.24, 2.45) is 5.92 Å². The summed E-state index contributed by atoms with van der Waals surface area (Å²) < 4.78 is 5.11. The van der Waals surface area contributed by atoms with Gasteiger partial charge < -0.3 is 9.84 Å². The Hall–Kier alpha value is -2.15. The van der Waals surface area contributed by atoms with E-state index in [-0.39, 0.29) is 11.7 Å². The number of ether oxygens (including phenoxy) is 1. The quantitative estimate of drug-likeness (QED) is 0.189. The van der Waals surface area contributed by atoms with Crippen molar-refractivity contribution in [1.82, 2.24) is 0 Å². The highest BCUT2D eigenvalue weighted by atomic mass is 17.2. The number of rotatable bonds is 7. The van der Waals surface area contributed by atoms with Crippen LogP contribution in [0, 0.1) is 5.92 Å². The van der Waals surface area contributed by atoms with Crippen LogP contribution in [0.15, 0.2) is 24.3 Å². The van der Waals surface area contributed by atoms with Crippen molar-refractivity contribution < 1.29 is 34.0 Å². The van der Waals surface area contributed by atoms with Gasteiger partial charge in [-0.1, -0.05) is 18.7 Å². The van der Waals surface area contributed by atoms with Crippen LogP contribution in [0.3, 0.4) is 0 Å². The van der Waals surface area contributed by atoms with Crippen LogP contribution in [0.2, 0.25) is 0 Å². The lowest BCUT2D eigenvalue weighted by molar-refractivity contribution is -0.274. The average Bonchev–Trinajstić information content (AvgIpc) is 2.43. The molecule has 0 bridgehead atoms. The van der Waals surface area contributed by atoms with Crippen LogP contribution in [0.5, 0.6) is 0 Å². The predicted octanol–water partition coefficient (Wildman–Crippen LogP) is 1.39. The molecule has 1 N–H and O–H groups in total. The number of carbonyl (C=O) groups is 3. The summed E-state index contributed by atoms with van der Waals surface area (Å²) in [6.45, 7) is 4.12. The molecule has 0 heterocycles. The predicted molar refractivity (Wildman–Crippen MR) is 70.9 cm³/mol. The Kier molecular flexibility index (Phi) is 6.61. The van der Waals surface area contributed by atoms with E-state index in [9.17, 15) is 14.4 Å². The van der Waals surface area contributed by atoms with Gasteiger partial charge >= 0.3 is 17.9 Å². The van der Waals surface area contributed by atoms with Crippen molar-refractivity contribution in [2.75, 3.05) is 6.61 Å². The highest BCUT2D eigenvalue weighted by molar-refractivity contribution is 5.94. The molecule has 1 aliphatic rings. The maximum absolute atomic E-state index is 11.8. The molecule has 0 aromatic rings. The molecular formula is C14H18O7. The van der Waals surface area contributed by atoms with E-state index in [0.29, 0.717) is 12.8 Å². The molecule has 0 amide bonds. The highest BCUT2D eigenvalue weighted by Crippen LogP contribution is 2.16. The fourth-order valence-corrected chi connectivity index (χ4v) is 1.59. The molecule has 0 saturated heterocycles. The molecule has 2 atom stereocenters. The molecule has 116 valence electrons. The van der Waals surface area contributed by atoms with Gasteiger partial charge in [-0.25, -0.2) is 4.79 Å². The lowest BCUT2D eigenvalue weighted by Gasteiger charge is -2.20. The Bertz CT molecular complexity index is 452. The average molecular weight is 298 g/mol. The van der Waals surface area contributed by atoms with Crippen LogP contribution in [-0.2, 0) is 28.9 Å². The topological polar surface area (TPSA) is 99.1 Å². The summed E-state index contributed by atoms with van der Waals surface area (Å²) in [6, 6.07) is 0. The number of esters is 1. The molecule has 1 rings (SSSR count). The van der Waals surface area contributed by atoms with E-state index >= 15 is 0 Å². The van der Waals surface area contributed by atoms with E-state index in [1.54, 1.807) is 0 Å². The number of hydrogen-bond acceptors (Lipinski definition) is 6. The molecule has 21 heavy (non-hydrogen) atoms. The third-order valence-electron chi connectivity index (χ3n) is 2.80. The maximum Gasteiger partial charge on any atom is 0.368 e. The van der Waals surface area contributed by atoms with Crippen LogP contribution in [0.25, 0.3) is 0 Å². The largest absolute Gasteiger partial charge is 0.481 e. The van der Waals surface area contributed by atoms with Crippen molar-refractivity contribution in [3.63, 3.8) is 0 Å². The second-order valence-electron chi connectivity index (χ2n) is 4.67. The first-order valence-corrected chi connectivity index (χ1v) is 6.49. The van der Waals surface area contributed by atoms with Crippen molar-refractivity contribution >= 4 is 17.9 Å². The lowest BCUT2D eigenvalue weighted by atomic mass is 10.0. The molecule has 0 radical (unpaired) electrons. The molecule has 0 aromatic carbocycles. The molecule has 0 fully saturated rings. The number of carboxylic acids is 1. The Labute approximate surface area is 122 Å². The number of carboxylic acid groups (broad SMARTS) is 1. The summed E-state index contributed by atoms with van der Waals surface area (Å²) in [6.07, 6.45) is 5.51. The third-order valence-corrected chi connectivity index (χ3v) is 2.80. The fourth-order valence-electron chi connectivity index (χ4n) is 1.59. The zero-order valence-corrected chi connectivity index (χ0v) is 11.7. The fraction of sp³-hybridized carbons (Fsp3) is 0.500. The summed E-state index contributed by atoms with van der Waals surface area (Å²) >= 11 is 0. The molecule has 1 aliphatic carbocycles. The molecule has 7 heteroatoms. The summed E-state index contributed by atoms with van der Waals surface area (Å²) in [5.41, 5.74) is 0.0958. The van der Waals surface area contributed by atoms with E-state index in [4.69, 9.17) is 9.84 Å². The molecule has 2 unspecified atom stereocenters. The second-order valence-corrected chi connectivity index (χ2v) is 4.67. The molecule has 7 nitrogen and oxygen atoms in total. The molecule has 0 spiro atoms. The van der Waals surface area contributed by atoms with Gasteiger partial charge in [0, 0.05) is 12.0 Å². The minimum absolute atomic E-state index is 0.0958. The number of carbonyl (C=O) groups excluding carboxylic acids is 2. The van der Waals surface area contributed by atoms with E-state index in [1.807, 2.05) is 12.2 Å². The molecule has 0 aromatic heterocycles. The molecule has 0 aliphatic heterocycles. The summed E-state index contributed by atoms with van der Waals surface area (Å²) in [5, 5.41) is 8.99. The standard InChI is InChI=1S/C14H18O7/c1-9(2)13(17)21-19-8-11(12(15)16)14(18)20-10-6-4-3-5-7-10/h3-4,10-11H,1,5-8H2,2H3,(H,15,16). The van der Waals surface area contributed by atoms with Gasteiger partial charge in [0.15, 0.2) is 5.92 Å². The van der Waals surface area contributed by atoms with E-state index in [0.717, 1.165) is 6.42 Å². The Morgan fingerprint density at radius 3 is 2.62 bits per heavy atom. The first-order valence-electron chi connectivity index (χ1n) is 6.49. The van der Waals surface area contributed by atoms with Crippen LogP contribution >= 0.6 is 0 Å². The van der Waals surface area contributed by atoms with Crippen molar-refractivity contribution in [3.05, 3.63) is 24.3 Å². The minimum atomic E-state index is -1.55. The van der Waals surface area contributed by atoms with Gasteiger partial charge in [0.05, 0.1) is 0 Å². The van der Waals surface area contributed by atoms with Gasteiger partial charge in [-0.2, -0.15) is 4.89 Å². The van der Waals surface area contributed by atoms with Gasteiger partial charge in [-0.05, 0) is 19.8 Å². The zero-order chi connectivity index (χ0) is 15.8. The van der Waals surface area contributed by atoms with Crippen molar-refractivity contribution in [1.29, 1.82) is 0 Å². The monoisotopic (exact) mass is 298 g/mol. The van der Waals surface area contributed by atoms with E-state index in [2.05, 4.69) is 16.4 Å². The number of allylic oxidation sites excluding steroid dienone is 1. The van der Waals surface area contributed by atoms with Crippen LogP contribution in [0.4, 0.5) is 0 Å². The summed E-state index contributed by atoms with van der Waals surface area (Å²) in [5.74, 6) is -4.69. The zero-order valence-electron chi connectivity index (χ0n) is 11.7. The van der Waals surface area contributed by atoms with Gasteiger partial charge in [-0.15, -0.1) is 0 Å². The van der Waals surface area contributed by atoms with Gasteiger partial charge in [0.2, 0.25) is 0 Å². The van der Waals surface area contributed by atoms with Gasteiger partial charge in [-0.3, -0.25) is 14.5 Å². The van der Waals surface area contributed by atoms with Crippen molar-refractivity contribution in [2.45, 2.75) is 32.3 Å². The molecular weight excluding hydrogens is 280 g/mol. The van der Waals surface area contributed by atoms with E-state index in [1.165, 1.54) is 6.92 Å². The third kappa shape index (κ3) is 5.78. The molecule has 0 saturated carbocycles. The maximum atomic E-state index is 11.8. The Morgan fingerprint density at radius 1 is 1.38 bits per heavy atom. The van der Waals surface area contributed by atoms with Gasteiger partial charge in [0.1, 0.15) is 12.7 Å². The van der Waals surface area contributed by atoms with Crippen molar-refractivity contribution in [3.8, 4) is 0 Å². The van der Waals surface area contributed by atoms with Crippen LogP contribution in [-0.4, -0.2) is 35.7 Å². The first-order chi connectivity index (χ1) is 9.91. The van der Waals surface area contributed by atoms with Gasteiger partial charge in [0.25, 0.3) is 0 Å². The Morgan fingerprint density at radius 2 is 2.10 bits per heavy atom. The normalized spacial score (nSPS) is 18.6. The van der Waals surface area contributed by atoms with Crippen LogP contribution < -0.4 is 0 Å². The smallest absolute Gasteiger partial charge is 0.368 e. The summed E-state index contributed by atoms with van der Waals surface area (Å²) in [7, 11) is 0. The van der Waals surface area contributed by atoms with Crippen LogP contribution in [0.1, 0.15) is 26.2 Å². The summed E-state index contributed by atoms with van der Waals surface area (Å²) in [4.78, 5) is 42.7. The lowest BCUT2D eigenvalue weighted by Crippen LogP contribution is -2.33. The number of aliphatic carboxylic acids is 1. The minimum Gasteiger partial charge on any atom is -0.481 e. The SMILES string of the molecule is C=C(C)C(=O)OOCC(C(=O)O)C(=O)OC1CC=CCC1.